The molecule has 0 atom stereocenters. The van der Waals surface area contributed by atoms with Crippen molar-refractivity contribution in [3.05, 3.63) is 41.4 Å². The molecule has 3 rings (SSSR count). The molecule has 0 unspecified atom stereocenters. The lowest BCUT2D eigenvalue weighted by atomic mass is 10.2. The molecule has 1 saturated heterocycles. The van der Waals surface area contributed by atoms with E-state index in [1.807, 2.05) is 29.6 Å². The Hall–Kier alpha value is -3.45. The Balaban J connectivity index is 1.41. The molecule has 0 spiro atoms. The monoisotopic (exact) mass is 426 g/mol. The second-order valence-corrected chi connectivity index (χ2v) is 7.54. The zero-order valence-corrected chi connectivity index (χ0v) is 17.2. The molecule has 2 heterocycles. The molecule has 2 N–H and O–H groups in total. The molecule has 10 heteroatoms. The standard InChI is InChI=1S/C20H22N6O3S/c21-9-8-18(28)26-12-10-25(11-13-26)17(27)7-6-16-14-30-20(23-16)24-19(29)22-15-4-2-1-3-5-15/h1-5,14H,6-8,10-13H2,(H2,22,23,24,29). The number of carbonyl (C=O) groups is 3. The van der Waals surface area contributed by atoms with Gasteiger partial charge in [0.25, 0.3) is 0 Å². The van der Waals surface area contributed by atoms with Crippen LogP contribution in [0, 0.1) is 11.3 Å². The maximum atomic E-state index is 12.4. The van der Waals surface area contributed by atoms with Crippen LogP contribution in [0.5, 0.6) is 0 Å². The molecule has 1 aliphatic rings. The van der Waals surface area contributed by atoms with Crippen molar-refractivity contribution in [3.8, 4) is 6.07 Å². The number of carbonyl (C=O) groups excluding carboxylic acids is 3. The molecule has 0 saturated carbocycles. The summed E-state index contributed by atoms with van der Waals surface area (Å²) >= 11 is 1.31. The maximum Gasteiger partial charge on any atom is 0.325 e. The van der Waals surface area contributed by atoms with E-state index >= 15 is 0 Å². The number of amides is 4. The minimum atomic E-state index is -0.373. The van der Waals surface area contributed by atoms with Crippen molar-refractivity contribution in [2.75, 3.05) is 36.8 Å². The molecule has 1 aliphatic heterocycles. The molecule has 1 fully saturated rings. The first-order chi connectivity index (χ1) is 14.5. The SMILES string of the molecule is N#CCC(=O)N1CCN(C(=O)CCc2csc(NC(=O)Nc3ccccc3)n2)CC1. The van der Waals surface area contributed by atoms with Gasteiger partial charge in [-0.15, -0.1) is 11.3 Å². The maximum absolute atomic E-state index is 12.4. The van der Waals surface area contributed by atoms with Crippen molar-refractivity contribution in [2.24, 2.45) is 0 Å². The van der Waals surface area contributed by atoms with Gasteiger partial charge in [0, 0.05) is 43.7 Å². The summed E-state index contributed by atoms with van der Waals surface area (Å²) in [4.78, 5) is 43.9. The first-order valence-corrected chi connectivity index (χ1v) is 10.4. The minimum Gasteiger partial charge on any atom is -0.339 e. The highest BCUT2D eigenvalue weighted by Gasteiger charge is 2.23. The highest BCUT2D eigenvalue weighted by atomic mass is 32.1. The summed E-state index contributed by atoms with van der Waals surface area (Å²) in [5.74, 6) is -0.185. The molecule has 156 valence electrons. The van der Waals surface area contributed by atoms with Crippen molar-refractivity contribution in [2.45, 2.75) is 19.3 Å². The summed E-state index contributed by atoms with van der Waals surface area (Å²) in [6.07, 6.45) is 0.661. The van der Waals surface area contributed by atoms with Crippen LogP contribution < -0.4 is 10.6 Å². The Kier molecular flexibility index (Phi) is 7.34. The average molecular weight is 427 g/mol. The van der Waals surface area contributed by atoms with Crippen molar-refractivity contribution in [1.82, 2.24) is 14.8 Å². The van der Waals surface area contributed by atoms with E-state index in [2.05, 4.69) is 15.6 Å². The lowest BCUT2D eigenvalue weighted by molar-refractivity contribution is -0.139. The third-order valence-electron chi connectivity index (χ3n) is 4.61. The summed E-state index contributed by atoms with van der Waals surface area (Å²) in [6.45, 7) is 1.85. The number of rotatable bonds is 6. The number of benzene rings is 1. The number of hydrogen-bond acceptors (Lipinski definition) is 6. The van der Waals surface area contributed by atoms with Gasteiger partial charge < -0.3 is 15.1 Å². The second-order valence-electron chi connectivity index (χ2n) is 6.69. The summed E-state index contributed by atoms with van der Waals surface area (Å²) in [5.41, 5.74) is 1.43. The van der Waals surface area contributed by atoms with Gasteiger partial charge in [0.2, 0.25) is 11.8 Å². The van der Waals surface area contributed by atoms with E-state index in [1.54, 1.807) is 21.9 Å². The molecule has 1 aromatic carbocycles. The van der Waals surface area contributed by atoms with E-state index in [-0.39, 0.29) is 24.3 Å². The first kappa shape index (κ1) is 21.3. The molecule has 1 aromatic heterocycles. The number of thiazole rings is 1. The third-order valence-corrected chi connectivity index (χ3v) is 5.42. The van der Waals surface area contributed by atoms with Crippen LogP contribution in [0.15, 0.2) is 35.7 Å². The third kappa shape index (κ3) is 6.02. The fraction of sp³-hybridized carbons (Fsp3) is 0.350. The van der Waals surface area contributed by atoms with Crippen LogP contribution in [0.25, 0.3) is 0 Å². The molecule has 2 aromatic rings. The van der Waals surface area contributed by atoms with Gasteiger partial charge in [0.1, 0.15) is 6.42 Å². The molecule has 4 amide bonds. The van der Waals surface area contributed by atoms with Crippen LogP contribution in [0.2, 0.25) is 0 Å². The Bertz CT molecular complexity index is 932. The van der Waals surface area contributed by atoms with Gasteiger partial charge in [-0.25, -0.2) is 9.78 Å². The number of aryl methyl sites for hydroxylation is 1. The van der Waals surface area contributed by atoms with E-state index in [9.17, 15) is 14.4 Å². The van der Waals surface area contributed by atoms with Gasteiger partial charge >= 0.3 is 6.03 Å². The van der Waals surface area contributed by atoms with Gasteiger partial charge in [-0.2, -0.15) is 5.26 Å². The van der Waals surface area contributed by atoms with Gasteiger partial charge in [-0.05, 0) is 18.6 Å². The molecule has 0 bridgehead atoms. The average Bonchev–Trinajstić information content (AvgIpc) is 3.20. The lowest BCUT2D eigenvalue weighted by Crippen LogP contribution is -2.50. The van der Waals surface area contributed by atoms with E-state index in [0.717, 1.165) is 5.69 Å². The first-order valence-electron chi connectivity index (χ1n) is 9.55. The normalized spacial score (nSPS) is 13.4. The zero-order valence-electron chi connectivity index (χ0n) is 16.3. The Labute approximate surface area is 178 Å². The highest BCUT2D eigenvalue weighted by molar-refractivity contribution is 7.13. The number of nitrogens with zero attached hydrogens (tertiary/aromatic N) is 4. The van der Waals surface area contributed by atoms with Crippen LogP contribution in [-0.2, 0) is 16.0 Å². The number of hydrogen-bond donors (Lipinski definition) is 2. The predicted molar refractivity (Wildman–Crippen MR) is 113 cm³/mol. The summed E-state index contributed by atoms with van der Waals surface area (Å²) in [5, 5.41) is 16.3. The molecular weight excluding hydrogens is 404 g/mol. The number of nitrogens with one attached hydrogen (secondary N) is 2. The summed E-state index contributed by atoms with van der Waals surface area (Å²) in [7, 11) is 0. The summed E-state index contributed by atoms with van der Waals surface area (Å²) < 4.78 is 0. The van der Waals surface area contributed by atoms with E-state index < -0.39 is 0 Å². The quantitative estimate of drug-likeness (QED) is 0.735. The molecule has 0 aliphatic carbocycles. The smallest absolute Gasteiger partial charge is 0.325 e. The molecule has 0 radical (unpaired) electrons. The number of piperazine rings is 1. The van der Waals surface area contributed by atoms with Crippen molar-refractivity contribution < 1.29 is 14.4 Å². The lowest BCUT2D eigenvalue weighted by Gasteiger charge is -2.34. The number of nitriles is 1. The van der Waals surface area contributed by atoms with Crippen LogP contribution in [0.3, 0.4) is 0 Å². The van der Waals surface area contributed by atoms with Crippen LogP contribution in [-0.4, -0.2) is 58.8 Å². The van der Waals surface area contributed by atoms with E-state index in [0.29, 0.717) is 49.8 Å². The van der Waals surface area contributed by atoms with Crippen molar-refractivity contribution in [1.29, 1.82) is 5.26 Å². The number of urea groups is 1. The largest absolute Gasteiger partial charge is 0.339 e. The number of anilines is 2. The minimum absolute atomic E-state index is 0.00621. The van der Waals surface area contributed by atoms with Gasteiger partial charge in [0.05, 0.1) is 11.8 Å². The Morgan fingerprint density at radius 1 is 1.03 bits per heavy atom. The molecule has 30 heavy (non-hydrogen) atoms. The van der Waals surface area contributed by atoms with E-state index in [1.165, 1.54) is 11.3 Å². The van der Waals surface area contributed by atoms with Crippen LogP contribution in [0.1, 0.15) is 18.5 Å². The highest BCUT2D eigenvalue weighted by Crippen LogP contribution is 2.18. The molecule has 9 nitrogen and oxygen atoms in total. The zero-order chi connectivity index (χ0) is 21.3. The summed E-state index contributed by atoms with van der Waals surface area (Å²) in [6, 6.07) is 10.6. The number of para-hydroxylation sites is 1. The Morgan fingerprint density at radius 3 is 2.37 bits per heavy atom. The topological polar surface area (TPSA) is 118 Å². The fourth-order valence-corrected chi connectivity index (χ4v) is 3.78. The van der Waals surface area contributed by atoms with E-state index in [4.69, 9.17) is 5.26 Å². The second kappa shape index (κ2) is 10.4. The van der Waals surface area contributed by atoms with Crippen LogP contribution in [0.4, 0.5) is 15.6 Å². The molecular formula is C20H22N6O3S. The Morgan fingerprint density at radius 2 is 1.70 bits per heavy atom. The van der Waals surface area contributed by atoms with Gasteiger partial charge in [-0.3, -0.25) is 14.9 Å². The van der Waals surface area contributed by atoms with Gasteiger partial charge in [0.15, 0.2) is 5.13 Å². The van der Waals surface area contributed by atoms with Crippen molar-refractivity contribution >= 4 is 40.0 Å². The van der Waals surface area contributed by atoms with Crippen LogP contribution >= 0.6 is 11.3 Å². The van der Waals surface area contributed by atoms with Gasteiger partial charge in [-0.1, -0.05) is 18.2 Å². The predicted octanol–water partition coefficient (Wildman–Crippen LogP) is 2.30. The fourth-order valence-electron chi connectivity index (χ4n) is 3.04. The number of aromatic nitrogens is 1. The van der Waals surface area contributed by atoms with Crippen molar-refractivity contribution in [3.63, 3.8) is 0 Å².